The molecule has 0 atom stereocenters. The first-order valence-corrected chi connectivity index (χ1v) is 8.06. The van der Waals surface area contributed by atoms with Crippen molar-refractivity contribution in [3.05, 3.63) is 48.4 Å². The van der Waals surface area contributed by atoms with E-state index >= 15 is 0 Å². The van der Waals surface area contributed by atoms with Crippen molar-refractivity contribution < 1.29 is 8.42 Å². The Morgan fingerprint density at radius 3 is 2.52 bits per heavy atom. The second kappa shape index (κ2) is 6.64. The summed E-state index contributed by atoms with van der Waals surface area (Å²) in [5.41, 5.74) is 1.18. The molecule has 0 saturated heterocycles. The van der Waals surface area contributed by atoms with Crippen LogP contribution in [0.5, 0.6) is 0 Å². The topological polar surface area (TPSA) is 75.2 Å². The molecule has 0 amide bonds. The second-order valence-electron chi connectivity index (χ2n) is 4.36. The van der Waals surface area contributed by atoms with Gasteiger partial charge in [-0.15, -0.1) is 0 Å². The van der Waals surface area contributed by atoms with Gasteiger partial charge in [-0.1, -0.05) is 13.0 Å². The van der Waals surface area contributed by atoms with Gasteiger partial charge in [-0.3, -0.25) is 4.98 Å². The van der Waals surface area contributed by atoms with Crippen LogP contribution in [0.15, 0.2) is 47.8 Å². The Labute approximate surface area is 124 Å². The number of pyridine rings is 2. The number of rotatable bonds is 6. The number of hydrogen-bond acceptors (Lipinski definition) is 5. The lowest BCUT2D eigenvalue weighted by molar-refractivity contribution is 0.417. The minimum absolute atomic E-state index is 0.0327. The summed E-state index contributed by atoms with van der Waals surface area (Å²) in [6.07, 6.45) is 3.12. The van der Waals surface area contributed by atoms with E-state index in [1.807, 2.05) is 6.07 Å². The molecule has 0 radical (unpaired) electrons. The molecule has 2 aromatic heterocycles. The van der Waals surface area contributed by atoms with E-state index in [9.17, 15) is 8.42 Å². The van der Waals surface area contributed by atoms with Crippen LogP contribution in [0.2, 0.25) is 0 Å². The predicted molar refractivity (Wildman–Crippen MR) is 81.3 cm³/mol. The molecular weight excluding hydrogens is 288 g/mol. The fourth-order valence-electron chi connectivity index (χ4n) is 1.95. The molecule has 0 fully saturated rings. The standard InChI is InChI=1S/C14H18N4O2S/c1-3-18(11-12-7-4-5-9-16-12)21(19,20)14-13(15-2)8-6-10-17-14/h4-10,15H,3,11H2,1-2H3. The maximum atomic E-state index is 12.7. The van der Waals surface area contributed by atoms with Gasteiger partial charge in [-0.05, 0) is 24.3 Å². The summed E-state index contributed by atoms with van der Waals surface area (Å²) in [4.78, 5) is 8.19. The first kappa shape index (κ1) is 15.4. The lowest BCUT2D eigenvalue weighted by Gasteiger charge is -2.20. The number of hydrogen-bond donors (Lipinski definition) is 1. The van der Waals surface area contributed by atoms with Crippen molar-refractivity contribution in [3.63, 3.8) is 0 Å². The zero-order valence-corrected chi connectivity index (χ0v) is 12.8. The molecule has 0 aliphatic rings. The van der Waals surface area contributed by atoms with Gasteiger partial charge in [0.2, 0.25) is 0 Å². The molecule has 0 unspecified atom stereocenters. The van der Waals surface area contributed by atoms with E-state index in [-0.39, 0.29) is 11.6 Å². The van der Waals surface area contributed by atoms with Crippen LogP contribution < -0.4 is 5.32 Å². The molecule has 112 valence electrons. The second-order valence-corrected chi connectivity index (χ2v) is 6.21. The van der Waals surface area contributed by atoms with E-state index in [0.29, 0.717) is 17.9 Å². The molecule has 2 heterocycles. The lowest BCUT2D eigenvalue weighted by Crippen LogP contribution is -2.31. The van der Waals surface area contributed by atoms with E-state index in [4.69, 9.17) is 0 Å². The van der Waals surface area contributed by atoms with E-state index in [1.54, 1.807) is 44.4 Å². The van der Waals surface area contributed by atoms with Crippen molar-refractivity contribution in [2.24, 2.45) is 0 Å². The van der Waals surface area contributed by atoms with Gasteiger partial charge in [-0.2, -0.15) is 4.31 Å². The Morgan fingerprint density at radius 2 is 1.90 bits per heavy atom. The number of nitrogens with one attached hydrogen (secondary N) is 1. The maximum Gasteiger partial charge on any atom is 0.262 e. The smallest absolute Gasteiger partial charge is 0.262 e. The van der Waals surface area contributed by atoms with Gasteiger partial charge in [-0.25, -0.2) is 13.4 Å². The fourth-order valence-corrected chi connectivity index (χ4v) is 3.48. The van der Waals surface area contributed by atoms with Gasteiger partial charge >= 0.3 is 0 Å². The van der Waals surface area contributed by atoms with E-state index in [1.165, 1.54) is 10.5 Å². The average Bonchev–Trinajstić information content (AvgIpc) is 2.53. The molecule has 0 saturated carbocycles. The maximum absolute atomic E-state index is 12.7. The summed E-state index contributed by atoms with van der Waals surface area (Å²) < 4.78 is 26.8. The lowest BCUT2D eigenvalue weighted by atomic mass is 10.3. The third kappa shape index (κ3) is 3.37. The van der Waals surface area contributed by atoms with Crippen LogP contribution in [0.3, 0.4) is 0 Å². The number of aromatic nitrogens is 2. The minimum atomic E-state index is -3.67. The zero-order valence-electron chi connectivity index (χ0n) is 12.0. The highest BCUT2D eigenvalue weighted by atomic mass is 32.2. The van der Waals surface area contributed by atoms with Gasteiger partial charge in [0, 0.05) is 26.0 Å². The summed E-state index contributed by atoms with van der Waals surface area (Å²) >= 11 is 0. The van der Waals surface area contributed by atoms with Crippen molar-refractivity contribution in [1.29, 1.82) is 0 Å². The summed E-state index contributed by atoms with van der Waals surface area (Å²) in [6, 6.07) is 8.82. The molecule has 0 bridgehead atoms. The highest BCUT2D eigenvalue weighted by Crippen LogP contribution is 2.22. The van der Waals surface area contributed by atoms with Crippen LogP contribution in [-0.4, -0.2) is 36.3 Å². The molecule has 2 aromatic rings. The first-order valence-electron chi connectivity index (χ1n) is 6.62. The van der Waals surface area contributed by atoms with Crippen molar-refractivity contribution in [1.82, 2.24) is 14.3 Å². The Kier molecular flexibility index (Phi) is 4.87. The number of anilines is 1. The average molecular weight is 306 g/mol. The molecular formula is C14H18N4O2S. The third-order valence-electron chi connectivity index (χ3n) is 3.04. The minimum Gasteiger partial charge on any atom is -0.386 e. The molecule has 0 aromatic carbocycles. The van der Waals surface area contributed by atoms with Gasteiger partial charge in [0.25, 0.3) is 10.0 Å². The van der Waals surface area contributed by atoms with Gasteiger partial charge in [0.1, 0.15) is 0 Å². The molecule has 7 heteroatoms. The Bertz CT molecular complexity index is 689. The van der Waals surface area contributed by atoms with E-state index in [2.05, 4.69) is 15.3 Å². The molecule has 0 spiro atoms. The fraction of sp³-hybridized carbons (Fsp3) is 0.286. The summed E-state index contributed by atoms with van der Waals surface area (Å²) in [5, 5.41) is 2.89. The van der Waals surface area contributed by atoms with Crippen molar-refractivity contribution in [3.8, 4) is 0 Å². The van der Waals surface area contributed by atoms with E-state index in [0.717, 1.165) is 0 Å². The largest absolute Gasteiger partial charge is 0.386 e. The summed E-state index contributed by atoms with van der Waals surface area (Å²) in [6.45, 7) is 2.36. The summed E-state index contributed by atoms with van der Waals surface area (Å²) in [7, 11) is -2.00. The molecule has 21 heavy (non-hydrogen) atoms. The SMILES string of the molecule is CCN(Cc1ccccn1)S(=O)(=O)c1ncccc1NC. The highest BCUT2D eigenvalue weighted by molar-refractivity contribution is 7.89. The quantitative estimate of drug-likeness (QED) is 0.879. The van der Waals surface area contributed by atoms with E-state index < -0.39 is 10.0 Å². The Balaban J connectivity index is 2.36. The van der Waals surface area contributed by atoms with Crippen molar-refractivity contribution in [2.75, 3.05) is 18.9 Å². The monoisotopic (exact) mass is 306 g/mol. The first-order chi connectivity index (χ1) is 10.1. The molecule has 0 aliphatic carbocycles. The van der Waals surface area contributed by atoms with Gasteiger partial charge in [0.05, 0.1) is 17.9 Å². The molecule has 0 aliphatic heterocycles. The molecule has 1 N–H and O–H groups in total. The molecule has 6 nitrogen and oxygen atoms in total. The van der Waals surface area contributed by atoms with Crippen LogP contribution >= 0.6 is 0 Å². The third-order valence-corrected chi connectivity index (χ3v) is 4.92. The Hall–Kier alpha value is -1.99. The van der Waals surface area contributed by atoms with Crippen LogP contribution in [0.4, 0.5) is 5.69 Å². The number of sulfonamides is 1. The zero-order chi connectivity index (χ0) is 15.3. The van der Waals surface area contributed by atoms with Crippen LogP contribution in [0, 0.1) is 0 Å². The highest BCUT2D eigenvalue weighted by Gasteiger charge is 2.27. The van der Waals surface area contributed by atoms with Crippen LogP contribution in [0.1, 0.15) is 12.6 Å². The summed E-state index contributed by atoms with van der Waals surface area (Å²) in [5.74, 6) is 0. The normalized spacial score (nSPS) is 11.6. The van der Waals surface area contributed by atoms with Crippen LogP contribution in [0.25, 0.3) is 0 Å². The van der Waals surface area contributed by atoms with Crippen molar-refractivity contribution in [2.45, 2.75) is 18.5 Å². The van der Waals surface area contributed by atoms with Gasteiger partial charge < -0.3 is 5.32 Å². The predicted octanol–water partition coefficient (Wildman–Crippen LogP) is 1.73. The number of nitrogens with zero attached hydrogens (tertiary/aromatic N) is 3. The Morgan fingerprint density at radius 1 is 1.14 bits per heavy atom. The van der Waals surface area contributed by atoms with Crippen LogP contribution in [-0.2, 0) is 16.6 Å². The van der Waals surface area contributed by atoms with Gasteiger partial charge in [0.15, 0.2) is 5.03 Å². The van der Waals surface area contributed by atoms with Crippen molar-refractivity contribution >= 4 is 15.7 Å². The molecule has 2 rings (SSSR count).